The van der Waals surface area contributed by atoms with E-state index in [9.17, 15) is 4.39 Å². The van der Waals surface area contributed by atoms with Gasteiger partial charge in [0.25, 0.3) is 0 Å². The van der Waals surface area contributed by atoms with Gasteiger partial charge in [-0.05, 0) is 31.2 Å². The Morgan fingerprint density at radius 1 is 1.30 bits per heavy atom. The van der Waals surface area contributed by atoms with Gasteiger partial charge in [-0.25, -0.2) is 9.37 Å². The first-order chi connectivity index (χ1) is 13.0. The fraction of sp³-hybridized carbons (Fsp3) is 0.263. The van der Waals surface area contributed by atoms with E-state index in [0.717, 1.165) is 11.1 Å². The van der Waals surface area contributed by atoms with Gasteiger partial charge < -0.3 is 15.2 Å². The van der Waals surface area contributed by atoms with E-state index < -0.39 is 6.10 Å². The molecule has 1 atom stereocenters. The summed E-state index contributed by atoms with van der Waals surface area (Å²) in [4.78, 5) is 4.21. The lowest BCUT2D eigenvalue weighted by atomic mass is 10.1. The van der Waals surface area contributed by atoms with E-state index in [2.05, 4.69) is 10.1 Å². The van der Waals surface area contributed by atoms with Crippen molar-refractivity contribution in [2.24, 2.45) is 0 Å². The molecule has 8 heteroatoms. The number of rotatable bonds is 5. The predicted octanol–water partition coefficient (Wildman–Crippen LogP) is 4.03. The molecule has 27 heavy (non-hydrogen) atoms. The van der Waals surface area contributed by atoms with Gasteiger partial charge in [-0.1, -0.05) is 11.6 Å². The van der Waals surface area contributed by atoms with Crippen LogP contribution >= 0.6 is 11.6 Å². The maximum atomic E-state index is 13.5. The van der Waals surface area contributed by atoms with Crippen molar-refractivity contribution in [3.05, 3.63) is 59.3 Å². The molecular formula is C19H18ClFN4O2. The normalized spacial score (nSPS) is 15.4. The van der Waals surface area contributed by atoms with Gasteiger partial charge in [0.2, 0.25) is 0 Å². The van der Waals surface area contributed by atoms with Crippen LogP contribution in [0.4, 0.5) is 10.2 Å². The highest BCUT2D eigenvalue weighted by Crippen LogP contribution is 2.33. The molecular weight excluding hydrogens is 371 g/mol. The van der Waals surface area contributed by atoms with Gasteiger partial charge in [-0.3, -0.25) is 4.68 Å². The van der Waals surface area contributed by atoms with Crippen molar-refractivity contribution < 1.29 is 13.9 Å². The van der Waals surface area contributed by atoms with Crippen LogP contribution in [0.25, 0.3) is 11.1 Å². The first kappa shape index (κ1) is 17.8. The minimum Gasteiger partial charge on any atom is -0.482 e. The van der Waals surface area contributed by atoms with Gasteiger partial charge in [0.15, 0.2) is 11.6 Å². The van der Waals surface area contributed by atoms with E-state index in [1.807, 2.05) is 10.9 Å². The van der Waals surface area contributed by atoms with Crippen LogP contribution in [-0.2, 0) is 4.74 Å². The third kappa shape index (κ3) is 3.61. The number of aromatic nitrogens is 3. The van der Waals surface area contributed by atoms with Gasteiger partial charge in [0.05, 0.1) is 25.5 Å². The van der Waals surface area contributed by atoms with Gasteiger partial charge in [0, 0.05) is 34.1 Å². The van der Waals surface area contributed by atoms with Crippen LogP contribution in [0.15, 0.2) is 42.9 Å². The molecule has 0 saturated carbocycles. The summed E-state index contributed by atoms with van der Waals surface area (Å²) in [5.74, 6) is 0.273. The van der Waals surface area contributed by atoms with Crippen molar-refractivity contribution in [2.45, 2.75) is 19.1 Å². The van der Waals surface area contributed by atoms with Crippen LogP contribution in [0.5, 0.6) is 5.75 Å². The second kappa shape index (κ2) is 7.17. The van der Waals surface area contributed by atoms with Gasteiger partial charge in [-0.2, -0.15) is 5.10 Å². The lowest BCUT2D eigenvalue weighted by Gasteiger charge is -2.25. The highest BCUT2D eigenvalue weighted by molar-refractivity contribution is 6.31. The molecule has 0 radical (unpaired) electrons. The Morgan fingerprint density at radius 2 is 2.11 bits per heavy atom. The van der Waals surface area contributed by atoms with E-state index in [1.165, 1.54) is 18.2 Å². The number of nitrogens with two attached hydrogens (primary N) is 1. The molecule has 2 aromatic heterocycles. The Labute approximate surface area is 160 Å². The number of anilines is 1. The molecule has 1 aliphatic rings. The quantitative estimate of drug-likeness (QED) is 0.714. The standard InChI is InChI=1S/C19H18ClFN4O2/c1-11(16-5-14(21)2-3-17(16)20)27-18-4-12(6-23-19(18)22)13-7-24-25(8-13)15-9-26-10-15/h2-8,11,15H,9-10H2,1H3,(H2,22,23). The molecule has 0 bridgehead atoms. The highest BCUT2D eigenvalue weighted by atomic mass is 35.5. The zero-order valence-electron chi connectivity index (χ0n) is 14.6. The number of benzene rings is 1. The van der Waals surface area contributed by atoms with Gasteiger partial charge >= 0.3 is 0 Å². The number of nitrogen functional groups attached to an aromatic ring is 1. The Morgan fingerprint density at radius 3 is 2.85 bits per heavy atom. The van der Waals surface area contributed by atoms with Crippen molar-refractivity contribution in [3.8, 4) is 16.9 Å². The molecule has 1 aliphatic heterocycles. The second-order valence-electron chi connectivity index (χ2n) is 6.43. The van der Waals surface area contributed by atoms with Crippen LogP contribution in [-0.4, -0.2) is 28.0 Å². The number of hydrogen-bond donors (Lipinski definition) is 1. The molecule has 0 spiro atoms. The average molecular weight is 389 g/mol. The minimum atomic E-state index is -0.498. The van der Waals surface area contributed by atoms with E-state index in [0.29, 0.717) is 29.5 Å². The summed E-state index contributed by atoms with van der Waals surface area (Å²) in [7, 11) is 0. The van der Waals surface area contributed by atoms with Crippen LogP contribution < -0.4 is 10.5 Å². The molecule has 2 N–H and O–H groups in total. The maximum absolute atomic E-state index is 13.5. The number of halogens is 2. The average Bonchev–Trinajstić information content (AvgIpc) is 3.06. The molecule has 1 aromatic carbocycles. The largest absolute Gasteiger partial charge is 0.482 e. The van der Waals surface area contributed by atoms with Crippen molar-refractivity contribution in [3.63, 3.8) is 0 Å². The summed E-state index contributed by atoms with van der Waals surface area (Å²) in [5.41, 5.74) is 8.23. The summed E-state index contributed by atoms with van der Waals surface area (Å²) in [6.07, 6.45) is 4.88. The summed E-state index contributed by atoms with van der Waals surface area (Å²) < 4.78 is 26.5. The summed E-state index contributed by atoms with van der Waals surface area (Å²) >= 11 is 6.16. The Balaban J connectivity index is 1.58. The third-order valence-corrected chi connectivity index (χ3v) is 4.86. The lowest BCUT2D eigenvalue weighted by Crippen LogP contribution is -2.30. The smallest absolute Gasteiger partial charge is 0.166 e. The molecule has 0 amide bonds. The molecule has 140 valence electrons. The second-order valence-corrected chi connectivity index (χ2v) is 6.84. The Hall–Kier alpha value is -2.64. The predicted molar refractivity (Wildman–Crippen MR) is 100 cm³/mol. The monoisotopic (exact) mass is 388 g/mol. The van der Waals surface area contributed by atoms with Crippen LogP contribution in [0, 0.1) is 5.82 Å². The number of hydrogen-bond acceptors (Lipinski definition) is 5. The lowest BCUT2D eigenvalue weighted by molar-refractivity contribution is -0.0286. The van der Waals surface area contributed by atoms with Crippen LogP contribution in [0.1, 0.15) is 24.6 Å². The number of nitrogens with zero attached hydrogens (tertiary/aromatic N) is 3. The van der Waals surface area contributed by atoms with Crippen molar-refractivity contribution in [1.29, 1.82) is 0 Å². The first-order valence-electron chi connectivity index (χ1n) is 8.50. The molecule has 0 aliphatic carbocycles. The Bertz CT molecular complexity index is 974. The van der Waals surface area contributed by atoms with Gasteiger partial charge in [-0.15, -0.1) is 0 Å². The molecule has 3 aromatic rings. The molecule has 1 unspecified atom stereocenters. The van der Waals surface area contributed by atoms with Crippen molar-refractivity contribution in [2.75, 3.05) is 18.9 Å². The Kier molecular flexibility index (Phi) is 4.72. The van der Waals surface area contributed by atoms with E-state index >= 15 is 0 Å². The topological polar surface area (TPSA) is 75.2 Å². The van der Waals surface area contributed by atoms with Crippen molar-refractivity contribution in [1.82, 2.24) is 14.8 Å². The summed E-state index contributed by atoms with van der Waals surface area (Å²) in [6.45, 7) is 3.12. The molecule has 1 fully saturated rings. The number of pyridine rings is 1. The van der Waals surface area contributed by atoms with Crippen LogP contribution in [0.2, 0.25) is 5.02 Å². The fourth-order valence-electron chi connectivity index (χ4n) is 2.85. The summed E-state index contributed by atoms with van der Waals surface area (Å²) in [6, 6.07) is 6.23. The molecule has 3 heterocycles. The zero-order chi connectivity index (χ0) is 19.0. The summed E-state index contributed by atoms with van der Waals surface area (Å²) in [5, 5.41) is 4.80. The van der Waals surface area contributed by atoms with Crippen molar-refractivity contribution >= 4 is 17.4 Å². The third-order valence-electron chi connectivity index (χ3n) is 4.51. The maximum Gasteiger partial charge on any atom is 0.166 e. The number of ether oxygens (including phenoxy) is 2. The van der Waals surface area contributed by atoms with E-state index in [4.69, 9.17) is 26.8 Å². The zero-order valence-corrected chi connectivity index (χ0v) is 15.4. The van der Waals surface area contributed by atoms with Gasteiger partial charge in [0.1, 0.15) is 11.9 Å². The molecule has 4 rings (SSSR count). The van der Waals surface area contributed by atoms with E-state index in [1.54, 1.807) is 25.4 Å². The SMILES string of the molecule is CC(Oc1cc(-c2cnn(C3COC3)c2)cnc1N)c1cc(F)ccc1Cl. The molecule has 1 saturated heterocycles. The highest BCUT2D eigenvalue weighted by Gasteiger charge is 2.21. The molecule has 6 nitrogen and oxygen atoms in total. The van der Waals surface area contributed by atoms with E-state index in [-0.39, 0.29) is 17.7 Å². The van der Waals surface area contributed by atoms with Crippen LogP contribution in [0.3, 0.4) is 0 Å². The fourth-order valence-corrected chi connectivity index (χ4v) is 3.12. The minimum absolute atomic E-state index is 0.248. The first-order valence-corrected chi connectivity index (χ1v) is 8.88.